The maximum atomic E-state index is 13.5. The highest BCUT2D eigenvalue weighted by Gasteiger charge is 2.16. The number of thiazole rings is 1. The molecule has 4 rings (SSSR count). The van der Waals surface area contributed by atoms with Crippen LogP contribution in [-0.2, 0) is 0 Å². The molecule has 4 nitrogen and oxygen atoms in total. The fourth-order valence-electron chi connectivity index (χ4n) is 2.79. The molecule has 0 bridgehead atoms. The third-order valence-corrected chi connectivity index (χ3v) is 6.21. The number of nitrogens with one attached hydrogen (secondary N) is 1. The van der Waals surface area contributed by atoms with Crippen LogP contribution in [0.15, 0.2) is 81.9 Å². The lowest BCUT2D eigenvalue weighted by atomic mass is 10.2. The van der Waals surface area contributed by atoms with E-state index in [1.807, 2.05) is 24.3 Å². The summed E-state index contributed by atoms with van der Waals surface area (Å²) in [6, 6.07) is 19.9. The van der Waals surface area contributed by atoms with Gasteiger partial charge >= 0.3 is 0 Å². The van der Waals surface area contributed by atoms with Gasteiger partial charge in [0.15, 0.2) is 16.8 Å². The number of hydrogen-bond donors (Lipinski definition) is 1. The summed E-state index contributed by atoms with van der Waals surface area (Å²) in [7, 11) is 0. The van der Waals surface area contributed by atoms with Gasteiger partial charge in [0.25, 0.3) is 5.91 Å². The van der Waals surface area contributed by atoms with Crippen LogP contribution in [-0.4, -0.2) is 10.9 Å². The molecule has 31 heavy (non-hydrogen) atoms. The van der Waals surface area contributed by atoms with Gasteiger partial charge in [-0.15, -0.1) is 11.3 Å². The summed E-state index contributed by atoms with van der Waals surface area (Å²) in [6.07, 6.45) is 0. The zero-order valence-corrected chi connectivity index (χ0v) is 17.4. The molecule has 0 aliphatic carbocycles. The Morgan fingerprint density at radius 2 is 1.74 bits per heavy atom. The third-order valence-electron chi connectivity index (χ3n) is 4.30. The van der Waals surface area contributed by atoms with Crippen LogP contribution in [0.25, 0.3) is 11.3 Å². The molecule has 1 heterocycles. The van der Waals surface area contributed by atoms with Crippen molar-refractivity contribution in [1.29, 1.82) is 5.26 Å². The Morgan fingerprint density at radius 3 is 2.52 bits per heavy atom. The van der Waals surface area contributed by atoms with Gasteiger partial charge < -0.3 is 0 Å². The number of benzene rings is 3. The standard InChI is InChI=1S/C23H13F2N3OS2/c24-17-10-9-14(11-18(17)25)19-13-30-23(27-19)28-22(29)16-6-2-4-8-21(16)31-20-7-3-1-5-15(20)12-26/h1-11,13H,(H,27,28,29). The van der Waals surface area contributed by atoms with E-state index in [-0.39, 0.29) is 5.91 Å². The van der Waals surface area contributed by atoms with Crippen LogP contribution < -0.4 is 5.32 Å². The number of amides is 1. The predicted molar refractivity (Wildman–Crippen MR) is 117 cm³/mol. The molecule has 1 amide bonds. The number of rotatable bonds is 5. The van der Waals surface area contributed by atoms with Gasteiger partial charge in [0.05, 0.1) is 16.8 Å². The molecule has 0 aliphatic heterocycles. The number of aromatic nitrogens is 1. The zero-order chi connectivity index (χ0) is 21.8. The van der Waals surface area contributed by atoms with Gasteiger partial charge in [-0.3, -0.25) is 10.1 Å². The van der Waals surface area contributed by atoms with Gasteiger partial charge in [0.1, 0.15) is 6.07 Å². The van der Waals surface area contributed by atoms with E-state index in [0.29, 0.717) is 32.4 Å². The van der Waals surface area contributed by atoms with Gasteiger partial charge in [-0.25, -0.2) is 13.8 Å². The summed E-state index contributed by atoms with van der Waals surface area (Å²) < 4.78 is 26.6. The number of hydrogen-bond acceptors (Lipinski definition) is 5. The molecular formula is C23H13F2N3OS2. The highest BCUT2D eigenvalue weighted by Crippen LogP contribution is 2.33. The molecule has 0 saturated carbocycles. The number of halogens is 2. The summed E-state index contributed by atoms with van der Waals surface area (Å²) in [5.41, 5.74) is 1.81. The predicted octanol–water partition coefficient (Wildman–Crippen LogP) is 6.36. The van der Waals surface area contributed by atoms with Crippen LogP contribution >= 0.6 is 23.1 Å². The van der Waals surface area contributed by atoms with E-state index in [1.54, 1.807) is 29.6 Å². The van der Waals surface area contributed by atoms with Gasteiger partial charge in [0, 0.05) is 20.7 Å². The Balaban J connectivity index is 1.55. The average Bonchev–Trinajstić information content (AvgIpc) is 3.25. The number of nitriles is 1. The lowest BCUT2D eigenvalue weighted by Gasteiger charge is -2.09. The van der Waals surface area contributed by atoms with Crippen LogP contribution in [0.3, 0.4) is 0 Å². The summed E-state index contributed by atoms with van der Waals surface area (Å²) in [5, 5.41) is 14.1. The molecule has 0 atom stereocenters. The van der Waals surface area contributed by atoms with Crippen molar-refractivity contribution in [3.63, 3.8) is 0 Å². The van der Waals surface area contributed by atoms with Crippen LogP contribution in [0.4, 0.5) is 13.9 Å². The van der Waals surface area contributed by atoms with E-state index in [2.05, 4.69) is 16.4 Å². The van der Waals surface area contributed by atoms with Gasteiger partial charge in [-0.1, -0.05) is 36.0 Å². The topological polar surface area (TPSA) is 65.8 Å². The summed E-state index contributed by atoms with van der Waals surface area (Å²) in [6.45, 7) is 0. The van der Waals surface area contributed by atoms with Crippen molar-refractivity contribution in [3.8, 4) is 17.3 Å². The maximum Gasteiger partial charge on any atom is 0.258 e. The smallest absolute Gasteiger partial charge is 0.258 e. The Kier molecular flexibility index (Phi) is 6.07. The molecule has 0 aliphatic rings. The Bertz CT molecular complexity index is 1310. The van der Waals surface area contributed by atoms with Gasteiger partial charge in [-0.2, -0.15) is 5.26 Å². The molecule has 0 saturated heterocycles. The van der Waals surface area contributed by atoms with Crippen molar-refractivity contribution >= 4 is 34.1 Å². The lowest BCUT2D eigenvalue weighted by molar-refractivity contribution is 0.102. The van der Waals surface area contributed by atoms with Crippen molar-refractivity contribution in [3.05, 3.63) is 94.9 Å². The molecule has 1 aromatic heterocycles. The fraction of sp³-hybridized carbons (Fsp3) is 0. The van der Waals surface area contributed by atoms with E-state index >= 15 is 0 Å². The van der Waals surface area contributed by atoms with E-state index in [4.69, 9.17) is 0 Å². The zero-order valence-electron chi connectivity index (χ0n) is 15.8. The molecule has 0 fully saturated rings. The largest absolute Gasteiger partial charge is 0.298 e. The highest BCUT2D eigenvalue weighted by molar-refractivity contribution is 7.99. The van der Waals surface area contributed by atoms with Crippen molar-refractivity contribution in [2.45, 2.75) is 9.79 Å². The first kappa shape index (κ1) is 20.7. The first-order valence-corrected chi connectivity index (χ1v) is 10.7. The van der Waals surface area contributed by atoms with Crippen molar-refractivity contribution < 1.29 is 13.6 Å². The van der Waals surface area contributed by atoms with E-state index in [0.717, 1.165) is 17.0 Å². The van der Waals surface area contributed by atoms with E-state index < -0.39 is 11.6 Å². The number of anilines is 1. The molecule has 152 valence electrons. The highest BCUT2D eigenvalue weighted by atomic mass is 32.2. The third kappa shape index (κ3) is 4.63. The van der Waals surface area contributed by atoms with Crippen molar-refractivity contribution in [2.24, 2.45) is 0 Å². The first-order valence-electron chi connectivity index (χ1n) is 9.03. The minimum Gasteiger partial charge on any atom is -0.298 e. The van der Waals surface area contributed by atoms with E-state index in [9.17, 15) is 18.8 Å². The maximum absolute atomic E-state index is 13.5. The number of nitrogens with zero attached hydrogens (tertiary/aromatic N) is 2. The number of carbonyl (C=O) groups excluding carboxylic acids is 1. The molecule has 0 unspecified atom stereocenters. The average molecular weight is 450 g/mol. The second-order valence-electron chi connectivity index (χ2n) is 6.33. The van der Waals surface area contributed by atoms with E-state index in [1.165, 1.54) is 29.2 Å². The lowest BCUT2D eigenvalue weighted by Crippen LogP contribution is -2.12. The van der Waals surface area contributed by atoms with Crippen molar-refractivity contribution in [2.75, 3.05) is 5.32 Å². The molecule has 0 spiro atoms. The first-order chi connectivity index (χ1) is 15.0. The molecular weight excluding hydrogens is 436 g/mol. The molecule has 3 aromatic carbocycles. The van der Waals surface area contributed by atoms with Crippen molar-refractivity contribution in [1.82, 2.24) is 4.98 Å². The van der Waals surface area contributed by atoms with Gasteiger partial charge in [0.2, 0.25) is 0 Å². The SMILES string of the molecule is N#Cc1ccccc1Sc1ccccc1C(=O)Nc1nc(-c2ccc(F)c(F)c2)cs1. The Morgan fingerprint density at radius 1 is 1.00 bits per heavy atom. The Labute approximate surface area is 185 Å². The molecule has 4 aromatic rings. The molecule has 0 radical (unpaired) electrons. The monoisotopic (exact) mass is 449 g/mol. The second-order valence-corrected chi connectivity index (χ2v) is 8.27. The van der Waals surface area contributed by atoms with Crippen LogP contribution in [0, 0.1) is 23.0 Å². The summed E-state index contributed by atoms with van der Waals surface area (Å²) in [4.78, 5) is 18.6. The Hall–Kier alpha value is -3.54. The second kappa shape index (κ2) is 9.08. The minimum atomic E-state index is -0.959. The normalized spacial score (nSPS) is 10.5. The molecule has 1 N–H and O–H groups in total. The summed E-state index contributed by atoms with van der Waals surface area (Å²) >= 11 is 2.52. The van der Waals surface area contributed by atoms with Crippen LogP contribution in [0.1, 0.15) is 15.9 Å². The summed E-state index contributed by atoms with van der Waals surface area (Å²) in [5.74, 6) is -2.25. The number of carbonyl (C=O) groups is 1. The van der Waals surface area contributed by atoms with Gasteiger partial charge in [-0.05, 0) is 42.5 Å². The fourth-order valence-corrected chi connectivity index (χ4v) is 4.53. The van der Waals surface area contributed by atoms with Crippen LogP contribution in [0.5, 0.6) is 0 Å². The van der Waals surface area contributed by atoms with Crippen LogP contribution in [0.2, 0.25) is 0 Å². The molecule has 8 heteroatoms. The minimum absolute atomic E-state index is 0.335. The quantitative estimate of drug-likeness (QED) is 0.385.